The van der Waals surface area contributed by atoms with Crippen LogP contribution in [0.5, 0.6) is 17.5 Å². The lowest BCUT2D eigenvalue weighted by molar-refractivity contribution is 0.309. The summed E-state index contributed by atoms with van der Waals surface area (Å²) in [5.74, 6) is 1.52. The molecule has 0 saturated heterocycles. The van der Waals surface area contributed by atoms with Crippen LogP contribution in [0.25, 0.3) is 0 Å². The van der Waals surface area contributed by atoms with E-state index < -0.39 is 0 Å². The molecule has 18 heavy (non-hydrogen) atoms. The van der Waals surface area contributed by atoms with E-state index in [2.05, 4.69) is 23.1 Å². The number of unbranched alkanes of at least 4 members (excludes halogenated alkanes) is 1. The largest absolute Gasteiger partial charge is 0.494 e. The van der Waals surface area contributed by atoms with Gasteiger partial charge in [-0.1, -0.05) is 13.3 Å². The van der Waals surface area contributed by atoms with Crippen LogP contribution in [0.2, 0.25) is 0 Å². The molecule has 93 valence electrons. The summed E-state index contributed by atoms with van der Waals surface area (Å²) in [5, 5.41) is 0. The van der Waals surface area contributed by atoms with Gasteiger partial charge in [0.2, 0.25) is 0 Å². The highest BCUT2D eigenvalue weighted by Gasteiger charge is 1.99. The predicted octanol–water partition coefficient (Wildman–Crippen LogP) is 3.25. The van der Waals surface area contributed by atoms with Gasteiger partial charge < -0.3 is 9.47 Å². The smallest absolute Gasteiger partial charge is 0.322 e. The van der Waals surface area contributed by atoms with Gasteiger partial charge in [0.05, 0.1) is 12.8 Å². The van der Waals surface area contributed by atoms with Gasteiger partial charge >= 0.3 is 6.01 Å². The van der Waals surface area contributed by atoms with Gasteiger partial charge in [0.25, 0.3) is 0 Å². The summed E-state index contributed by atoms with van der Waals surface area (Å²) >= 11 is 0. The fourth-order valence-electron chi connectivity index (χ4n) is 1.35. The molecule has 0 N–H and O–H groups in total. The highest BCUT2D eigenvalue weighted by Crippen LogP contribution is 2.21. The minimum Gasteiger partial charge on any atom is -0.494 e. The summed E-state index contributed by atoms with van der Waals surface area (Å²) < 4.78 is 11.0. The Morgan fingerprint density at radius 1 is 1.17 bits per heavy atom. The van der Waals surface area contributed by atoms with E-state index in [-0.39, 0.29) is 6.01 Å². The minimum absolute atomic E-state index is 0.289. The molecule has 0 fully saturated rings. The van der Waals surface area contributed by atoms with Crippen LogP contribution in [0, 0.1) is 6.20 Å². The van der Waals surface area contributed by atoms with Crippen molar-refractivity contribution in [2.24, 2.45) is 0 Å². The van der Waals surface area contributed by atoms with Crippen LogP contribution in [0.1, 0.15) is 19.8 Å². The van der Waals surface area contributed by atoms with Crippen molar-refractivity contribution in [1.82, 2.24) is 9.97 Å². The summed E-state index contributed by atoms with van der Waals surface area (Å²) in [7, 11) is 0. The highest BCUT2D eigenvalue weighted by molar-refractivity contribution is 5.32. The topological polar surface area (TPSA) is 44.2 Å². The van der Waals surface area contributed by atoms with Crippen molar-refractivity contribution in [3.05, 3.63) is 42.7 Å². The molecular weight excluding hydrogens is 228 g/mol. The standard InChI is InChI=1S/C14H15N2O2/c1-2-3-11-17-12-5-7-13(8-6-12)18-14-15-9-4-10-16-14/h4-9H,2-3,11H2,1H3. The summed E-state index contributed by atoms with van der Waals surface area (Å²) in [6, 6.07) is 9.32. The number of rotatable bonds is 6. The third-order valence-corrected chi connectivity index (χ3v) is 2.29. The molecule has 0 aliphatic rings. The molecule has 0 saturated carbocycles. The molecule has 2 aromatic rings. The van der Waals surface area contributed by atoms with Gasteiger partial charge in [0, 0.05) is 6.20 Å². The number of hydrogen-bond acceptors (Lipinski definition) is 4. The molecule has 0 aliphatic carbocycles. The average molecular weight is 243 g/mol. The molecule has 0 spiro atoms. The van der Waals surface area contributed by atoms with E-state index in [0.717, 1.165) is 25.2 Å². The van der Waals surface area contributed by atoms with Crippen molar-refractivity contribution in [2.45, 2.75) is 19.8 Å². The summed E-state index contributed by atoms with van der Waals surface area (Å²) in [6.07, 6.45) is 6.44. The zero-order valence-electron chi connectivity index (χ0n) is 10.3. The van der Waals surface area contributed by atoms with Crippen LogP contribution in [0.15, 0.2) is 36.5 Å². The molecule has 4 heteroatoms. The average Bonchev–Trinajstić information content (AvgIpc) is 2.42. The maximum absolute atomic E-state index is 5.56. The van der Waals surface area contributed by atoms with Gasteiger partial charge in [-0.3, -0.25) is 0 Å². The minimum atomic E-state index is 0.289. The van der Waals surface area contributed by atoms with Gasteiger partial charge in [-0.25, -0.2) is 4.98 Å². The first-order valence-electron chi connectivity index (χ1n) is 5.98. The van der Waals surface area contributed by atoms with Gasteiger partial charge in [-0.05, 0) is 36.8 Å². The summed E-state index contributed by atoms with van der Waals surface area (Å²) in [5.41, 5.74) is 0. The zero-order chi connectivity index (χ0) is 12.6. The lowest BCUT2D eigenvalue weighted by atomic mass is 10.3. The first-order valence-corrected chi connectivity index (χ1v) is 5.98. The number of hydrogen-bond donors (Lipinski definition) is 0. The van der Waals surface area contributed by atoms with Gasteiger partial charge in [-0.15, -0.1) is 0 Å². The maximum Gasteiger partial charge on any atom is 0.322 e. The molecule has 4 nitrogen and oxygen atoms in total. The Balaban J connectivity index is 1.91. The second kappa shape index (κ2) is 6.59. The monoisotopic (exact) mass is 243 g/mol. The van der Waals surface area contributed by atoms with Crippen molar-refractivity contribution in [3.8, 4) is 17.5 Å². The van der Waals surface area contributed by atoms with E-state index >= 15 is 0 Å². The molecule has 1 heterocycles. The Morgan fingerprint density at radius 3 is 2.61 bits per heavy atom. The number of aromatic nitrogens is 2. The van der Waals surface area contributed by atoms with Crippen molar-refractivity contribution in [3.63, 3.8) is 0 Å². The van der Waals surface area contributed by atoms with Crippen molar-refractivity contribution in [2.75, 3.05) is 6.61 Å². The van der Waals surface area contributed by atoms with Gasteiger partial charge in [0.1, 0.15) is 11.5 Å². The highest BCUT2D eigenvalue weighted by atomic mass is 16.5. The third kappa shape index (κ3) is 3.73. The molecule has 0 aliphatic heterocycles. The first kappa shape index (κ1) is 12.4. The Labute approximate surface area is 107 Å². The van der Waals surface area contributed by atoms with E-state index in [1.165, 1.54) is 0 Å². The van der Waals surface area contributed by atoms with Crippen molar-refractivity contribution in [1.29, 1.82) is 0 Å². The lowest BCUT2D eigenvalue weighted by Gasteiger charge is -2.06. The molecule has 0 amide bonds. The normalized spacial score (nSPS) is 10.1. The van der Waals surface area contributed by atoms with Crippen LogP contribution in [0.3, 0.4) is 0 Å². The Kier molecular flexibility index (Phi) is 4.53. The van der Waals surface area contributed by atoms with Crippen molar-refractivity contribution >= 4 is 0 Å². The molecule has 0 unspecified atom stereocenters. The maximum atomic E-state index is 5.56. The Hall–Kier alpha value is -2.10. The number of benzene rings is 1. The van der Waals surface area contributed by atoms with Crippen LogP contribution in [-0.4, -0.2) is 16.6 Å². The van der Waals surface area contributed by atoms with Gasteiger partial charge in [-0.2, -0.15) is 4.98 Å². The Morgan fingerprint density at radius 2 is 1.94 bits per heavy atom. The van der Waals surface area contributed by atoms with E-state index in [9.17, 15) is 0 Å². The quantitative estimate of drug-likeness (QED) is 0.730. The fourth-order valence-corrected chi connectivity index (χ4v) is 1.35. The first-order chi connectivity index (χ1) is 8.88. The predicted molar refractivity (Wildman–Crippen MR) is 67.8 cm³/mol. The fraction of sp³-hybridized carbons (Fsp3) is 0.286. The summed E-state index contributed by atoms with van der Waals surface area (Å²) in [4.78, 5) is 7.83. The van der Waals surface area contributed by atoms with Crippen LogP contribution < -0.4 is 9.47 Å². The molecule has 1 aromatic carbocycles. The molecule has 1 aromatic heterocycles. The van der Waals surface area contributed by atoms with Crippen molar-refractivity contribution < 1.29 is 9.47 Å². The second-order valence-corrected chi connectivity index (χ2v) is 3.74. The van der Waals surface area contributed by atoms with Gasteiger partial charge in [0.15, 0.2) is 0 Å². The van der Waals surface area contributed by atoms with Crippen LogP contribution in [-0.2, 0) is 0 Å². The van der Waals surface area contributed by atoms with E-state index in [1.54, 1.807) is 12.3 Å². The lowest BCUT2D eigenvalue weighted by Crippen LogP contribution is -1.96. The Bertz CT molecular complexity index is 457. The molecule has 1 radical (unpaired) electrons. The SMILES string of the molecule is CCCCOc1ccc(Oc2n[c]ccn2)cc1. The van der Waals surface area contributed by atoms with E-state index in [0.29, 0.717) is 5.75 Å². The molecule has 2 rings (SSSR count). The molecule has 0 bridgehead atoms. The van der Waals surface area contributed by atoms with E-state index in [1.807, 2.05) is 24.3 Å². The number of ether oxygens (including phenoxy) is 2. The van der Waals surface area contributed by atoms with E-state index in [4.69, 9.17) is 9.47 Å². The third-order valence-electron chi connectivity index (χ3n) is 2.29. The number of nitrogens with zero attached hydrogens (tertiary/aromatic N) is 2. The summed E-state index contributed by atoms with van der Waals surface area (Å²) in [6.45, 7) is 2.88. The molecular formula is C14H15N2O2. The zero-order valence-corrected chi connectivity index (χ0v) is 10.3. The van der Waals surface area contributed by atoms with Crippen LogP contribution >= 0.6 is 0 Å². The second-order valence-electron chi connectivity index (χ2n) is 3.74. The molecule has 0 atom stereocenters. The van der Waals surface area contributed by atoms with Crippen LogP contribution in [0.4, 0.5) is 0 Å².